The van der Waals surface area contributed by atoms with Gasteiger partial charge in [-0.1, -0.05) is 19.1 Å². The fourth-order valence-electron chi connectivity index (χ4n) is 2.08. The first-order chi connectivity index (χ1) is 9.24. The van der Waals surface area contributed by atoms with E-state index in [0.29, 0.717) is 0 Å². The van der Waals surface area contributed by atoms with Gasteiger partial charge in [-0.3, -0.25) is 0 Å². The predicted octanol–water partition coefficient (Wildman–Crippen LogP) is 3.49. The minimum absolute atomic E-state index is 0.747. The van der Waals surface area contributed by atoms with Crippen LogP contribution in [-0.4, -0.2) is 18.2 Å². The maximum absolute atomic E-state index is 5.16. The molecule has 0 saturated heterocycles. The van der Waals surface area contributed by atoms with Gasteiger partial charge in [0.1, 0.15) is 0 Å². The van der Waals surface area contributed by atoms with Crippen LogP contribution in [0.3, 0.4) is 0 Å². The fraction of sp³-hybridized carbons (Fsp3) is 0.400. The van der Waals surface area contributed by atoms with E-state index in [1.54, 1.807) is 0 Å². The summed E-state index contributed by atoms with van der Waals surface area (Å²) < 4.78 is 1.38. The molecule has 4 heteroatoms. The average Bonchev–Trinajstić information content (AvgIpc) is 2.81. The van der Waals surface area contributed by atoms with Crippen molar-refractivity contribution in [3.63, 3.8) is 0 Å². The van der Waals surface area contributed by atoms with Crippen molar-refractivity contribution in [2.24, 2.45) is 0 Å². The summed E-state index contributed by atoms with van der Waals surface area (Å²) in [4.78, 5) is 0. The Balaban J connectivity index is 2.02. The molecule has 0 bridgehead atoms. The molecular weight excluding hydrogens is 272 g/mol. The van der Waals surface area contributed by atoms with Crippen molar-refractivity contribution in [2.45, 2.75) is 26.7 Å². The minimum atomic E-state index is 0.747. The van der Waals surface area contributed by atoms with Crippen molar-refractivity contribution in [3.8, 4) is 0 Å². The van der Waals surface area contributed by atoms with Gasteiger partial charge in [0.25, 0.3) is 0 Å². The molecule has 0 spiro atoms. The van der Waals surface area contributed by atoms with Gasteiger partial charge in [-0.25, -0.2) is 0 Å². The van der Waals surface area contributed by atoms with Crippen LogP contribution >= 0.6 is 23.6 Å². The second kappa shape index (κ2) is 6.87. The molecule has 0 saturated carbocycles. The number of aryl methyl sites for hydroxylation is 1. The highest BCUT2D eigenvalue weighted by Crippen LogP contribution is 2.27. The lowest BCUT2D eigenvalue weighted by atomic mass is 10.1. The van der Waals surface area contributed by atoms with Gasteiger partial charge < -0.3 is 10.6 Å². The molecule has 0 aliphatic carbocycles. The van der Waals surface area contributed by atoms with Gasteiger partial charge in [-0.15, -0.1) is 11.3 Å². The van der Waals surface area contributed by atoms with Crippen LogP contribution in [0.2, 0.25) is 0 Å². The monoisotopic (exact) mass is 292 g/mol. The van der Waals surface area contributed by atoms with Gasteiger partial charge in [0.2, 0.25) is 0 Å². The molecule has 0 atom stereocenters. The van der Waals surface area contributed by atoms with Crippen LogP contribution < -0.4 is 10.6 Å². The molecule has 2 aromatic rings. The Kier molecular flexibility index (Phi) is 5.16. The van der Waals surface area contributed by atoms with Crippen molar-refractivity contribution >= 4 is 38.8 Å². The number of benzene rings is 1. The van der Waals surface area contributed by atoms with Crippen molar-refractivity contribution in [3.05, 3.63) is 34.7 Å². The second-order valence-electron chi connectivity index (χ2n) is 4.48. The van der Waals surface area contributed by atoms with E-state index >= 15 is 0 Å². The Morgan fingerprint density at radius 3 is 2.84 bits per heavy atom. The number of nitrogens with one attached hydrogen (secondary N) is 2. The topological polar surface area (TPSA) is 24.1 Å². The highest BCUT2D eigenvalue weighted by atomic mass is 32.1. The zero-order chi connectivity index (χ0) is 13.7. The van der Waals surface area contributed by atoms with Gasteiger partial charge in [-0.05, 0) is 59.9 Å². The Morgan fingerprint density at radius 1 is 1.26 bits per heavy atom. The first kappa shape index (κ1) is 14.3. The van der Waals surface area contributed by atoms with Crippen molar-refractivity contribution in [1.82, 2.24) is 10.6 Å². The molecule has 0 fully saturated rings. The van der Waals surface area contributed by atoms with Crippen LogP contribution in [0, 0.1) is 0 Å². The lowest BCUT2D eigenvalue weighted by molar-refractivity contribution is 0.833. The van der Waals surface area contributed by atoms with Crippen LogP contribution in [-0.2, 0) is 12.8 Å². The standard InChI is InChI=1S/C15H20N2S2/c1-3-11-5-6-14-13(9-11)12(10-19-14)7-8-17-15(18)16-4-2/h5-6,9-10H,3-4,7-8H2,1-2H3,(H2,16,17,18). The molecular formula is C15H20N2S2. The minimum Gasteiger partial charge on any atom is -0.363 e. The quantitative estimate of drug-likeness (QED) is 0.825. The molecule has 0 unspecified atom stereocenters. The number of thiophene rings is 1. The third kappa shape index (κ3) is 3.67. The number of hydrogen-bond donors (Lipinski definition) is 2. The molecule has 0 aliphatic heterocycles. The van der Waals surface area contributed by atoms with Crippen LogP contribution in [0.4, 0.5) is 0 Å². The van der Waals surface area contributed by atoms with Gasteiger partial charge >= 0.3 is 0 Å². The largest absolute Gasteiger partial charge is 0.363 e. The second-order valence-corrected chi connectivity index (χ2v) is 5.80. The van der Waals surface area contributed by atoms with E-state index in [0.717, 1.165) is 31.0 Å². The Bertz CT molecular complexity index is 560. The van der Waals surface area contributed by atoms with Gasteiger partial charge in [0, 0.05) is 17.8 Å². The van der Waals surface area contributed by atoms with E-state index in [4.69, 9.17) is 12.2 Å². The van der Waals surface area contributed by atoms with Crippen molar-refractivity contribution in [1.29, 1.82) is 0 Å². The zero-order valence-electron chi connectivity index (χ0n) is 11.5. The first-order valence-electron chi connectivity index (χ1n) is 6.75. The molecule has 1 aromatic heterocycles. The highest BCUT2D eigenvalue weighted by molar-refractivity contribution is 7.80. The average molecular weight is 292 g/mol. The summed E-state index contributed by atoms with van der Waals surface area (Å²) in [5.41, 5.74) is 2.82. The number of hydrogen-bond acceptors (Lipinski definition) is 2. The van der Waals surface area contributed by atoms with Crippen molar-refractivity contribution < 1.29 is 0 Å². The van der Waals surface area contributed by atoms with Crippen LogP contribution in [0.5, 0.6) is 0 Å². The van der Waals surface area contributed by atoms with E-state index in [9.17, 15) is 0 Å². The maximum Gasteiger partial charge on any atom is 0.166 e. The Morgan fingerprint density at radius 2 is 2.11 bits per heavy atom. The number of fused-ring (bicyclic) bond motifs is 1. The maximum atomic E-state index is 5.16. The molecule has 1 aromatic carbocycles. The molecule has 0 radical (unpaired) electrons. The molecule has 102 valence electrons. The zero-order valence-corrected chi connectivity index (χ0v) is 13.1. The normalized spacial score (nSPS) is 10.6. The summed E-state index contributed by atoms with van der Waals surface area (Å²) >= 11 is 6.99. The predicted molar refractivity (Wildman–Crippen MR) is 89.2 cm³/mol. The fourth-order valence-corrected chi connectivity index (χ4v) is 3.30. The summed E-state index contributed by atoms with van der Waals surface area (Å²) in [5.74, 6) is 0. The van der Waals surface area contributed by atoms with Gasteiger partial charge in [-0.2, -0.15) is 0 Å². The summed E-state index contributed by atoms with van der Waals surface area (Å²) in [5, 5.41) is 10.8. The summed E-state index contributed by atoms with van der Waals surface area (Å²) in [6.45, 7) is 6.00. The molecule has 0 aliphatic rings. The lowest BCUT2D eigenvalue weighted by Crippen LogP contribution is -2.36. The third-order valence-electron chi connectivity index (χ3n) is 3.14. The van der Waals surface area contributed by atoms with E-state index in [-0.39, 0.29) is 0 Å². The first-order valence-corrected chi connectivity index (χ1v) is 8.04. The molecule has 2 N–H and O–H groups in total. The Labute approximate surface area is 124 Å². The van der Waals surface area contributed by atoms with Gasteiger partial charge in [0.15, 0.2) is 5.11 Å². The molecule has 19 heavy (non-hydrogen) atoms. The number of thiocarbonyl (C=S) groups is 1. The molecule has 2 nitrogen and oxygen atoms in total. The highest BCUT2D eigenvalue weighted by Gasteiger charge is 2.05. The van der Waals surface area contributed by atoms with E-state index in [1.165, 1.54) is 21.2 Å². The van der Waals surface area contributed by atoms with Crippen molar-refractivity contribution in [2.75, 3.05) is 13.1 Å². The molecule has 2 rings (SSSR count). The van der Waals surface area contributed by atoms with E-state index in [2.05, 4.69) is 41.1 Å². The SMILES string of the molecule is CCNC(=S)NCCc1csc2ccc(CC)cc12. The van der Waals surface area contributed by atoms with E-state index in [1.807, 2.05) is 18.3 Å². The summed E-state index contributed by atoms with van der Waals surface area (Å²) in [6, 6.07) is 6.78. The van der Waals surface area contributed by atoms with Crippen LogP contribution in [0.25, 0.3) is 10.1 Å². The van der Waals surface area contributed by atoms with Crippen LogP contribution in [0.15, 0.2) is 23.6 Å². The molecule has 0 amide bonds. The lowest BCUT2D eigenvalue weighted by Gasteiger charge is -2.08. The number of rotatable bonds is 5. The molecule has 1 heterocycles. The summed E-state index contributed by atoms with van der Waals surface area (Å²) in [6.07, 6.45) is 2.10. The third-order valence-corrected chi connectivity index (χ3v) is 4.44. The van der Waals surface area contributed by atoms with E-state index < -0.39 is 0 Å². The Hall–Kier alpha value is -1.13. The summed E-state index contributed by atoms with van der Waals surface area (Å²) in [7, 11) is 0. The van der Waals surface area contributed by atoms with Gasteiger partial charge in [0.05, 0.1) is 0 Å². The smallest absolute Gasteiger partial charge is 0.166 e. The van der Waals surface area contributed by atoms with Crippen LogP contribution in [0.1, 0.15) is 25.0 Å².